The van der Waals surface area contributed by atoms with Gasteiger partial charge < -0.3 is 9.73 Å². The van der Waals surface area contributed by atoms with E-state index in [2.05, 4.69) is 15.4 Å². The van der Waals surface area contributed by atoms with Crippen molar-refractivity contribution in [1.29, 1.82) is 0 Å². The van der Waals surface area contributed by atoms with Crippen molar-refractivity contribution in [2.45, 2.75) is 19.9 Å². The van der Waals surface area contributed by atoms with Crippen molar-refractivity contribution in [2.75, 3.05) is 5.32 Å². The first-order valence-corrected chi connectivity index (χ1v) is 6.34. The molecule has 3 aromatic heterocycles. The Balaban J connectivity index is 1.85. The van der Waals surface area contributed by atoms with Gasteiger partial charge in [0.25, 0.3) is 0 Å². The maximum absolute atomic E-state index is 5.91. The van der Waals surface area contributed by atoms with E-state index in [0.29, 0.717) is 11.0 Å². The van der Waals surface area contributed by atoms with E-state index in [-0.39, 0.29) is 6.04 Å². The van der Waals surface area contributed by atoms with E-state index in [1.165, 1.54) is 0 Å². The first kappa shape index (κ1) is 12.0. The molecule has 0 bridgehead atoms. The minimum absolute atomic E-state index is 0.00147. The van der Waals surface area contributed by atoms with Gasteiger partial charge in [-0.3, -0.25) is 0 Å². The van der Waals surface area contributed by atoms with Crippen LogP contribution in [-0.2, 0) is 0 Å². The quantitative estimate of drug-likeness (QED) is 0.796. The molecule has 0 spiro atoms. The molecule has 0 aliphatic heterocycles. The van der Waals surface area contributed by atoms with Crippen molar-refractivity contribution in [3.63, 3.8) is 0 Å². The first-order valence-electron chi connectivity index (χ1n) is 5.96. The van der Waals surface area contributed by atoms with Gasteiger partial charge in [-0.1, -0.05) is 11.6 Å². The SMILES string of the molecule is Cc1ccc(C(C)Nc2nc3ccc(Cl)cn3n2)o1. The second-order valence-electron chi connectivity index (χ2n) is 4.40. The number of aryl methyl sites for hydroxylation is 1. The standard InChI is InChI=1S/C13H13ClN4O/c1-8-3-5-11(19-8)9(2)15-13-16-12-6-4-10(14)7-18(12)17-13/h3-7,9H,1-2H3,(H,15,17). The van der Waals surface area contributed by atoms with Gasteiger partial charge >= 0.3 is 0 Å². The summed E-state index contributed by atoms with van der Waals surface area (Å²) in [6.45, 7) is 3.92. The maximum Gasteiger partial charge on any atom is 0.243 e. The number of pyridine rings is 1. The van der Waals surface area contributed by atoms with Crippen LogP contribution in [0.2, 0.25) is 5.02 Å². The Bertz CT molecular complexity index is 718. The normalized spacial score (nSPS) is 12.8. The van der Waals surface area contributed by atoms with E-state index in [4.69, 9.17) is 16.0 Å². The summed E-state index contributed by atoms with van der Waals surface area (Å²) in [7, 11) is 0. The van der Waals surface area contributed by atoms with Crippen LogP contribution >= 0.6 is 11.6 Å². The van der Waals surface area contributed by atoms with Crippen LogP contribution in [-0.4, -0.2) is 14.6 Å². The van der Waals surface area contributed by atoms with Gasteiger partial charge in [-0.15, -0.1) is 5.10 Å². The second-order valence-corrected chi connectivity index (χ2v) is 4.84. The summed E-state index contributed by atoms with van der Waals surface area (Å²) >= 11 is 5.91. The smallest absolute Gasteiger partial charge is 0.243 e. The molecular weight excluding hydrogens is 264 g/mol. The van der Waals surface area contributed by atoms with Crippen LogP contribution in [0.5, 0.6) is 0 Å². The maximum atomic E-state index is 5.91. The van der Waals surface area contributed by atoms with E-state index in [9.17, 15) is 0 Å². The summed E-state index contributed by atoms with van der Waals surface area (Å²) in [6, 6.07) is 7.49. The lowest BCUT2D eigenvalue weighted by molar-refractivity contribution is 0.466. The number of anilines is 1. The summed E-state index contributed by atoms with van der Waals surface area (Å²) in [6.07, 6.45) is 1.72. The molecule has 0 aliphatic carbocycles. The predicted octanol–water partition coefficient (Wildman–Crippen LogP) is 3.46. The molecule has 0 saturated heterocycles. The molecule has 3 rings (SSSR count). The molecule has 1 unspecified atom stereocenters. The fourth-order valence-corrected chi connectivity index (χ4v) is 2.03. The fraction of sp³-hybridized carbons (Fsp3) is 0.231. The third-order valence-corrected chi connectivity index (χ3v) is 3.05. The van der Waals surface area contributed by atoms with Gasteiger partial charge in [0.1, 0.15) is 11.5 Å². The average Bonchev–Trinajstić information content (AvgIpc) is 2.94. The Labute approximate surface area is 115 Å². The number of nitrogens with one attached hydrogen (secondary N) is 1. The summed E-state index contributed by atoms with van der Waals surface area (Å²) < 4.78 is 7.21. The topological polar surface area (TPSA) is 55.4 Å². The van der Waals surface area contributed by atoms with Gasteiger partial charge in [-0.2, -0.15) is 4.98 Å². The monoisotopic (exact) mass is 276 g/mol. The van der Waals surface area contributed by atoms with E-state index in [0.717, 1.165) is 17.2 Å². The van der Waals surface area contributed by atoms with Gasteiger partial charge in [0.05, 0.1) is 11.1 Å². The molecule has 3 aromatic rings. The van der Waals surface area contributed by atoms with Crippen molar-refractivity contribution in [3.8, 4) is 0 Å². The number of nitrogens with zero attached hydrogens (tertiary/aromatic N) is 3. The largest absolute Gasteiger partial charge is 0.464 e. The zero-order chi connectivity index (χ0) is 13.4. The number of aromatic nitrogens is 3. The highest BCUT2D eigenvalue weighted by molar-refractivity contribution is 6.30. The molecule has 6 heteroatoms. The van der Waals surface area contributed by atoms with Crippen LogP contribution in [0.25, 0.3) is 5.65 Å². The Morgan fingerprint density at radius 2 is 2.16 bits per heavy atom. The summed E-state index contributed by atoms with van der Waals surface area (Å²) in [5.41, 5.74) is 0.745. The van der Waals surface area contributed by atoms with Crippen LogP contribution < -0.4 is 5.32 Å². The number of hydrogen-bond donors (Lipinski definition) is 1. The van der Waals surface area contributed by atoms with Crippen molar-refractivity contribution in [2.24, 2.45) is 0 Å². The van der Waals surface area contributed by atoms with Gasteiger partial charge in [0.15, 0.2) is 5.65 Å². The lowest BCUT2D eigenvalue weighted by Gasteiger charge is -2.08. The Morgan fingerprint density at radius 1 is 1.32 bits per heavy atom. The lowest BCUT2D eigenvalue weighted by Crippen LogP contribution is -2.07. The third-order valence-electron chi connectivity index (χ3n) is 2.83. The van der Waals surface area contributed by atoms with Gasteiger partial charge in [-0.25, -0.2) is 4.52 Å². The molecule has 1 N–H and O–H groups in total. The third kappa shape index (κ3) is 2.42. The molecule has 0 fully saturated rings. The predicted molar refractivity (Wildman–Crippen MR) is 73.5 cm³/mol. The van der Waals surface area contributed by atoms with Gasteiger partial charge in [0.2, 0.25) is 5.95 Å². The van der Waals surface area contributed by atoms with Crippen molar-refractivity contribution >= 4 is 23.2 Å². The zero-order valence-electron chi connectivity index (χ0n) is 10.6. The molecular formula is C13H13ClN4O. The number of furan rings is 1. The number of rotatable bonds is 3. The van der Waals surface area contributed by atoms with E-state index in [1.807, 2.05) is 32.0 Å². The Kier molecular flexibility index (Phi) is 2.91. The molecule has 19 heavy (non-hydrogen) atoms. The van der Waals surface area contributed by atoms with E-state index >= 15 is 0 Å². The van der Waals surface area contributed by atoms with Crippen LogP contribution in [0.15, 0.2) is 34.9 Å². The molecule has 5 nitrogen and oxygen atoms in total. The molecule has 1 atom stereocenters. The van der Waals surface area contributed by atoms with Crippen molar-refractivity contribution in [3.05, 3.63) is 47.0 Å². The lowest BCUT2D eigenvalue weighted by atomic mass is 10.2. The zero-order valence-corrected chi connectivity index (χ0v) is 11.3. The summed E-state index contributed by atoms with van der Waals surface area (Å²) in [5, 5.41) is 8.14. The number of halogens is 1. The van der Waals surface area contributed by atoms with Crippen LogP contribution in [0, 0.1) is 6.92 Å². The van der Waals surface area contributed by atoms with Crippen LogP contribution in [0.3, 0.4) is 0 Å². The summed E-state index contributed by atoms with van der Waals surface area (Å²) in [4.78, 5) is 4.37. The average molecular weight is 277 g/mol. The number of hydrogen-bond acceptors (Lipinski definition) is 4. The first-order chi connectivity index (χ1) is 9.11. The van der Waals surface area contributed by atoms with E-state index in [1.54, 1.807) is 16.8 Å². The Morgan fingerprint density at radius 3 is 2.89 bits per heavy atom. The Hall–Kier alpha value is -2.01. The molecule has 0 saturated carbocycles. The highest BCUT2D eigenvalue weighted by Gasteiger charge is 2.12. The fourth-order valence-electron chi connectivity index (χ4n) is 1.87. The molecule has 0 amide bonds. The molecule has 0 aromatic carbocycles. The van der Waals surface area contributed by atoms with Crippen molar-refractivity contribution in [1.82, 2.24) is 14.6 Å². The van der Waals surface area contributed by atoms with Gasteiger partial charge in [-0.05, 0) is 38.1 Å². The molecule has 0 aliphatic rings. The minimum atomic E-state index is 0.00147. The van der Waals surface area contributed by atoms with Crippen LogP contribution in [0.4, 0.5) is 5.95 Å². The van der Waals surface area contributed by atoms with Gasteiger partial charge in [0, 0.05) is 6.20 Å². The molecule has 98 valence electrons. The second kappa shape index (κ2) is 4.59. The van der Waals surface area contributed by atoms with Crippen LogP contribution in [0.1, 0.15) is 24.5 Å². The summed E-state index contributed by atoms with van der Waals surface area (Å²) in [5.74, 6) is 2.29. The minimum Gasteiger partial charge on any atom is -0.464 e. The highest BCUT2D eigenvalue weighted by atomic mass is 35.5. The molecule has 0 radical (unpaired) electrons. The molecule has 3 heterocycles. The highest BCUT2D eigenvalue weighted by Crippen LogP contribution is 2.20. The number of fused-ring (bicyclic) bond motifs is 1. The van der Waals surface area contributed by atoms with E-state index < -0.39 is 0 Å². The van der Waals surface area contributed by atoms with Crippen molar-refractivity contribution < 1.29 is 4.42 Å².